The maximum Gasteiger partial charge on any atom is 0.307 e. The molecule has 0 amide bonds. The smallest absolute Gasteiger partial charge is 0.307 e. The topological polar surface area (TPSA) is 29.5 Å². The maximum absolute atomic E-state index is 11.2. The van der Waals surface area contributed by atoms with Crippen molar-refractivity contribution in [3.8, 4) is 0 Å². The summed E-state index contributed by atoms with van der Waals surface area (Å²) in [6, 6.07) is 0. The Kier molecular flexibility index (Phi) is 3.87. The number of esters is 1. The van der Waals surface area contributed by atoms with Crippen molar-refractivity contribution in [2.45, 2.75) is 6.42 Å². The molecule has 0 aliphatic rings. The first kappa shape index (κ1) is 8.29. The third-order valence-electron chi connectivity index (χ3n) is 0.713. The molecule has 0 saturated heterocycles. The fourth-order valence-corrected chi connectivity index (χ4v) is 0.278. The van der Waals surface area contributed by atoms with E-state index in [9.17, 15) is 13.8 Å². The molecule has 0 unspecified atom stereocenters. The summed E-state index contributed by atoms with van der Waals surface area (Å²) in [6.45, 7) is -0.577. The molecule has 0 aromatic rings. The molecule has 0 spiro atoms. The summed E-state index contributed by atoms with van der Waals surface area (Å²) in [5.74, 6) is -0.629. The van der Waals surface area contributed by atoms with Crippen LogP contribution in [0.25, 0.3) is 0 Å². The van der Waals surface area contributed by atoms with Gasteiger partial charge in [0.1, 0.15) is 0 Å². The van der Waals surface area contributed by atoms with Crippen LogP contribution in [0.1, 0.15) is 6.42 Å². The lowest BCUT2D eigenvalue weighted by Gasteiger charge is -1.97. The minimum absolute atomic E-state index is 0.274. The van der Waals surface area contributed by atoms with E-state index >= 15 is 0 Å². The molecule has 0 saturated carbocycles. The van der Waals surface area contributed by atoms with Crippen molar-refractivity contribution in [2.24, 2.45) is 0 Å². The number of hydrogen-bond donors (Lipinski definition) is 0. The van der Waals surface area contributed by atoms with Gasteiger partial charge in [-0.1, -0.05) is 0 Å². The van der Waals surface area contributed by atoms with Crippen molar-refractivity contribution in [2.75, 3.05) is 13.7 Å². The SMILES string of the molecule is COC(=O)CCN(F)F. The van der Waals surface area contributed by atoms with E-state index in [-0.39, 0.29) is 6.42 Å². The molecule has 0 bridgehead atoms. The largest absolute Gasteiger partial charge is 0.469 e. The van der Waals surface area contributed by atoms with Crippen molar-refractivity contribution in [1.82, 2.24) is 5.34 Å². The molecule has 0 heterocycles. The number of carbonyl (C=O) groups excluding carboxylic acids is 1. The van der Waals surface area contributed by atoms with E-state index in [2.05, 4.69) is 4.74 Å². The predicted octanol–water partition coefficient (Wildman–Crippen LogP) is 0.620. The fourth-order valence-electron chi connectivity index (χ4n) is 0.278. The van der Waals surface area contributed by atoms with E-state index < -0.39 is 17.9 Å². The Balaban J connectivity index is 3.17. The molecule has 9 heavy (non-hydrogen) atoms. The number of methoxy groups -OCH3 is 1. The quantitative estimate of drug-likeness (QED) is 0.424. The lowest BCUT2D eigenvalue weighted by Crippen LogP contribution is -2.10. The van der Waals surface area contributed by atoms with Crippen LogP contribution in [-0.2, 0) is 9.53 Å². The van der Waals surface area contributed by atoms with Crippen molar-refractivity contribution in [3.05, 3.63) is 0 Å². The highest BCUT2D eigenvalue weighted by Crippen LogP contribution is 1.92. The Morgan fingerprint density at radius 3 is 2.56 bits per heavy atom. The van der Waals surface area contributed by atoms with Gasteiger partial charge in [0, 0.05) is 5.34 Å². The van der Waals surface area contributed by atoms with Gasteiger partial charge in [0.15, 0.2) is 0 Å². The van der Waals surface area contributed by atoms with Gasteiger partial charge in [0.25, 0.3) is 0 Å². The number of nitrogens with zero attached hydrogens (tertiary/aromatic N) is 1. The summed E-state index contributed by atoms with van der Waals surface area (Å²) in [5, 5.41) is -1.06. The molecule has 0 aliphatic carbocycles. The molecule has 0 N–H and O–H groups in total. The second-order valence-corrected chi connectivity index (χ2v) is 1.35. The van der Waals surface area contributed by atoms with E-state index in [0.29, 0.717) is 0 Å². The van der Waals surface area contributed by atoms with E-state index in [1.807, 2.05) is 0 Å². The van der Waals surface area contributed by atoms with Crippen LogP contribution in [0.3, 0.4) is 0 Å². The van der Waals surface area contributed by atoms with Crippen molar-refractivity contribution >= 4 is 5.97 Å². The second kappa shape index (κ2) is 4.20. The van der Waals surface area contributed by atoms with Gasteiger partial charge >= 0.3 is 5.97 Å². The molecule has 3 nitrogen and oxygen atoms in total. The van der Waals surface area contributed by atoms with Gasteiger partial charge in [-0.3, -0.25) is 4.79 Å². The van der Waals surface area contributed by atoms with E-state index in [1.165, 1.54) is 0 Å². The molecule has 5 heteroatoms. The lowest BCUT2D eigenvalue weighted by molar-refractivity contribution is -0.164. The number of rotatable bonds is 3. The van der Waals surface area contributed by atoms with Gasteiger partial charge in [-0.15, -0.1) is 8.96 Å². The van der Waals surface area contributed by atoms with Crippen molar-refractivity contribution in [3.63, 3.8) is 0 Å². The van der Waals surface area contributed by atoms with Crippen LogP contribution in [-0.4, -0.2) is 25.0 Å². The first-order valence-corrected chi connectivity index (χ1v) is 2.32. The van der Waals surface area contributed by atoms with Gasteiger partial charge < -0.3 is 4.74 Å². The Hall–Kier alpha value is -0.710. The Labute approximate surface area is 51.1 Å². The minimum atomic E-state index is -1.06. The van der Waals surface area contributed by atoms with E-state index in [0.717, 1.165) is 7.11 Å². The van der Waals surface area contributed by atoms with Crippen LogP contribution < -0.4 is 0 Å². The summed E-state index contributed by atoms with van der Waals surface area (Å²) < 4.78 is 26.4. The van der Waals surface area contributed by atoms with Crippen LogP contribution in [0, 0.1) is 0 Å². The highest BCUT2D eigenvalue weighted by Gasteiger charge is 2.04. The zero-order chi connectivity index (χ0) is 7.28. The molecule has 54 valence electrons. The number of halogens is 2. The Bertz CT molecular complexity index is 96.6. The van der Waals surface area contributed by atoms with Crippen LogP contribution in [0.4, 0.5) is 8.96 Å². The van der Waals surface area contributed by atoms with Gasteiger partial charge in [0.05, 0.1) is 20.1 Å². The zero-order valence-electron chi connectivity index (χ0n) is 4.93. The Morgan fingerprint density at radius 2 is 2.22 bits per heavy atom. The number of carbonyl (C=O) groups is 1. The van der Waals surface area contributed by atoms with Crippen LogP contribution in [0.5, 0.6) is 0 Å². The average molecular weight is 139 g/mol. The van der Waals surface area contributed by atoms with E-state index in [1.54, 1.807) is 0 Å². The monoisotopic (exact) mass is 139 g/mol. The summed E-state index contributed by atoms with van der Waals surface area (Å²) in [5.41, 5.74) is 0. The first-order chi connectivity index (χ1) is 4.16. The first-order valence-electron chi connectivity index (χ1n) is 2.32. The van der Waals surface area contributed by atoms with Gasteiger partial charge in [-0.25, -0.2) is 0 Å². The summed E-state index contributed by atoms with van der Waals surface area (Å²) in [7, 11) is 1.16. The zero-order valence-corrected chi connectivity index (χ0v) is 4.93. The van der Waals surface area contributed by atoms with E-state index in [4.69, 9.17) is 0 Å². The molecule has 0 atom stereocenters. The van der Waals surface area contributed by atoms with Crippen LogP contribution in [0.15, 0.2) is 0 Å². The summed E-state index contributed by atoms with van der Waals surface area (Å²) in [4.78, 5) is 10.1. The number of hydrogen-bond acceptors (Lipinski definition) is 3. The lowest BCUT2D eigenvalue weighted by atomic mass is 10.4. The van der Waals surface area contributed by atoms with Gasteiger partial charge in [-0.2, -0.15) is 0 Å². The molecule has 0 radical (unpaired) electrons. The minimum Gasteiger partial charge on any atom is -0.469 e. The third-order valence-corrected chi connectivity index (χ3v) is 0.713. The van der Waals surface area contributed by atoms with Crippen molar-refractivity contribution < 1.29 is 18.5 Å². The van der Waals surface area contributed by atoms with Gasteiger partial charge in [0.2, 0.25) is 0 Å². The summed E-state index contributed by atoms with van der Waals surface area (Å²) in [6.07, 6.45) is -0.274. The fraction of sp³-hybridized carbons (Fsp3) is 0.750. The summed E-state index contributed by atoms with van der Waals surface area (Å²) >= 11 is 0. The highest BCUT2D eigenvalue weighted by atomic mass is 19.4. The normalized spacial score (nSPS) is 9.78. The Morgan fingerprint density at radius 1 is 1.67 bits per heavy atom. The number of ether oxygens (including phenoxy) is 1. The molecule has 0 aromatic carbocycles. The average Bonchev–Trinajstić information content (AvgIpc) is 1.83. The standard InChI is InChI=1S/C4H7F2NO2/c1-9-4(8)2-3-7(5)6/h2-3H2,1H3. The molecular weight excluding hydrogens is 132 g/mol. The molecule has 0 aromatic heterocycles. The molecular formula is C4H7F2NO2. The third kappa shape index (κ3) is 5.16. The van der Waals surface area contributed by atoms with Gasteiger partial charge in [-0.05, 0) is 0 Å². The second-order valence-electron chi connectivity index (χ2n) is 1.35. The molecule has 0 rings (SSSR count). The highest BCUT2D eigenvalue weighted by molar-refractivity contribution is 5.69. The van der Waals surface area contributed by atoms with Crippen LogP contribution >= 0.6 is 0 Å². The van der Waals surface area contributed by atoms with Crippen molar-refractivity contribution in [1.29, 1.82) is 0 Å². The maximum atomic E-state index is 11.2. The molecule has 0 aliphatic heterocycles. The molecule has 0 fully saturated rings. The van der Waals surface area contributed by atoms with Crippen LogP contribution in [0.2, 0.25) is 0 Å². The predicted molar refractivity (Wildman–Crippen MR) is 25.6 cm³/mol.